The summed E-state index contributed by atoms with van der Waals surface area (Å²) in [6.07, 6.45) is 4.12. The minimum atomic E-state index is -0.836. The number of aromatic nitrogens is 3. The maximum absolute atomic E-state index is 14.4. The van der Waals surface area contributed by atoms with Crippen LogP contribution in [-0.2, 0) is 6.54 Å². The van der Waals surface area contributed by atoms with E-state index in [0.717, 1.165) is 48.1 Å². The van der Waals surface area contributed by atoms with E-state index >= 15 is 0 Å². The van der Waals surface area contributed by atoms with E-state index in [9.17, 15) is 14.3 Å². The molecule has 2 aliphatic heterocycles. The third-order valence-electron chi connectivity index (χ3n) is 8.48. The Balaban J connectivity index is 1.22. The Bertz CT molecular complexity index is 1720. The minimum absolute atomic E-state index is 0.112. The molecule has 1 unspecified atom stereocenters. The van der Waals surface area contributed by atoms with E-state index in [1.165, 1.54) is 23.8 Å². The predicted molar refractivity (Wildman–Crippen MR) is 155 cm³/mol. The summed E-state index contributed by atoms with van der Waals surface area (Å²) in [5.41, 5.74) is 6.12. The number of carbonyl (C=O) groups is 1. The number of nitrogens with one attached hydrogen (secondary N) is 1. The second-order valence-corrected chi connectivity index (χ2v) is 11.1. The number of fused-ring (bicyclic) bond motifs is 2. The molecule has 3 aromatic carbocycles. The predicted octanol–water partition coefficient (Wildman–Crippen LogP) is 6.02. The van der Waals surface area contributed by atoms with Crippen LogP contribution in [0.1, 0.15) is 57.8 Å². The van der Waals surface area contributed by atoms with E-state index in [1.54, 1.807) is 11.1 Å². The zero-order chi connectivity index (χ0) is 28.1. The van der Waals surface area contributed by atoms with Gasteiger partial charge in [0.1, 0.15) is 23.4 Å². The number of aromatic hydroxyl groups is 1. The summed E-state index contributed by atoms with van der Waals surface area (Å²) in [7, 11) is 2.17. The van der Waals surface area contributed by atoms with Gasteiger partial charge in [-0.3, -0.25) is 9.78 Å². The summed E-state index contributed by atoms with van der Waals surface area (Å²) >= 11 is 0. The van der Waals surface area contributed by atoms with Crippen LogP contribution in [0.4, 0.5) is 4.39 Å². The lowest BCUT2D eigenvalue weighted by Crippen LogP contribution is -2.31. The molecule has 41 heavy (non-hydrogen) atoms. The van der Waals surface area contributed by atoms with Gasteiger partial charge in [0.05, 0.1) is 28.8 Å². The first-order valence-corrected chi connectivity index (χ1v) is 14.0. The lowest BCUT2D eigenvalue weighted by Gasteiger charge is -2.29. The maximum atomic E-state index is 14.4. The average molecular weight is 548 g/mol. The van der Waals surface area contributed by atoms with Crippen LogP contribution < -0.4 is 0 Å². The third kappa shape index (κ3) is 4.64. The number of amides is 1. The molecule has 2 aromatic heterocycles. The summed E-state index contributed by atoms with van der Waals surface area (Å²) in [5, 5.41) is 10.8. The summed E-state index contributed by atoms with van der Waals surface area (Å²) in [5.74, 6) is 0.151. The molecule has 4 heterocycles. The topological polar surface area (TPSA) is 85.4 Å². The van der Waals surface area contributed by atoms with Gasteiger partial charge in [-0.2, -0.15) is 0 Å². The molecule has 0 radical (unpaired) electrons. The number of piperidine rings is 1. The van der Waals surface area contributed by atoms with Crippen molar-refractivity contribution >= 4 is 16.9 Å². The molecule has 0 spiro atoms. The van der Waals surface area contributed by atoms with Crippen molar-refractivity contribution in [3.8, 4) is 16.9 Å². The van der Waals surface area contributed by atoms with E-state index in [2.05, 4.69) is 46.2 Å². The standard InChI is InChI=1S/C33H30FN5O2/c1-38-14-12-22(13-15-38)20-6-8-21(9-7-20)23-16-25-29(35-18-23)19-39(33(25)41)31(26-17-24(34)10-11-30(26)40)32-36-27-4-2-3-5-28(27)37-32/h2-11,16-18,22,31,40H,12-15,19H2,1H3,(H,36,37). The van der Waals surface area contributed by atoms with Gasteiger partial charge >= 0.3 is 0 Å². The number of para-hydroxylation sites is 2. The summed E-state index contributed by atoms with van der Waals surface area (Å²) in [6.45, 7) is 2.44. The Morgan fingerprint density at radius 1 is 1.00 bits per heavy atom. The van der Waals surface area contributed by atoms with Crippen molar-refractivity contribution in [2.24, 2.45) is 0 Å². The molecule has 5 aromatic rings. The normalized spacial score (nSPS) is 16.8. The van der Waals surface area contributed by atoms with Crippen LogP contribution in [0.15, 0.2) is 79.0 Å². The van der Waals surface area contributed by atoms with Gasteiger partial charge in [0.15, 0.2) is 0 Å². The van der Waals surface area contributed by atoms with Crippen molar-refractivity contribution in [3.05, 3.63) is 113 Å². The molecule has 7 rings (SSSR count). The molecule has 0 saturated carbocycles. The van der Waals surface area contributed by atoms with E-state index in [4.69, 9.17) is 4.98 Å². The Labute approximate surface area is 237 Å². The van der Waals surface area contributed by atoms with E-state index in [0.29, 0.717) is 23.0 Å². The number of rotatable bonds is 5. The molecule has 2 aliphatic rings. The second kappa shape index (κ2) is 10.1. The fourth-order valence-corrected chi connectivity index (χ4v) is 6.16. The fourth-order valence-electron chi connectivity index (χ4n) is 6.16. The lowest BCUT2D eigenvalue weighted by molar-refractivity contribution is 0.0723. The van der Waals surface area contributed by atoms with Crippen molar-refractivity contribution < 1.29 is 14.3 Å². The van der Waals surface area contributed by atoms with Gasteiger partial charge in [-0.1, -0.05) is 36.4 Å². The van der Waals surface area contributed by atoms with E-state index < -0.39 is 11.9 Å². The number of H-pyrrole nitrogens is 1. The first-order valence-electron chi connectivity index (χ1n) is 14.0. The number of hydrogen-bond acceptors (Lipinski definition) is 5. The first-order chi connectivity index (χ1) is 19.9. The minimum Gasteiger partial charge on any atom is -0.508 e. The molecule has 0 aliphatic carbocycles. The van der Waals surface area contributed by atoms with Gasteiger partial charge in [0, 0.05) is 17.3 Å². The Morgan fingerprint density at radius 3 is 2.56 bits per heavy atom. The highest BCUT2D eigenvalue weighted by atomic mass is 19.1. The molecule has 1 amide bonds. The van der Waals surface area contributed by atoms with Crippen molar-refractivity contribution in [2.75, 3.05) is 20.1 Å². The summed E-state index contributed by atoms with van der Waals surface area (Å²) in [6, 6.07) is 20.9. The number of phenolic OH excluding ortho intramolecular Hbond substituents is 1. The van der Waals surface area contributed by atoms with Crippen molar-refractivity contribution in [2.45, 2.75) is 31.3 Å². The average Bonchev–Trinajstić information content (AvgIpc) is 3.56. The fraction of sp³-hybridized carbons (Fsp3) is 0.242. The molecule has 7 nitrogen and oxygen atoms in total. The Hall–Kier alpha value is -4.56. The van der Waals surface area contributed by atoms with Crippen molar-refractivity contribution in [3.63, 3.8) is 0 Å². The van der Waals surface area contributed by atoms with Crippen LogP contribution in [0, 0.1) is 5.82 Å². The van der Waals surface area contributed by atoms with Crippen molar-refractivity contribution in [1.29, 1.82) is 0 Å². The number of carbonyl (C=O) groups excluding carboxylic acids is 1. The SMILES string of the molecule is CN1CCC(c2ccc(-c3cnc4c(c3)C(=O)N(C(c3nc5ccccc5[nH]3)c3cc(F)ccc3O)C4)cc2)CC1. The molecule has 8 heteroatoms. The Morgan fingerprint density at radius 2 is 1.78 bits per heavy atom. The number of benzene rings is 3. The van der Waals surface area contributed by atoms with Gasteiger partial charge in [0.2, 0.25) is 0 Å². The molecular formula is C33H30FN5O2. The second-order valence-electron chi connectivity index (χ2n) is 11.1. The van der Waals surface area contributed by atoms with Crippen LogP contribution in [0.2, 0.25) is 0 Å². The van der Waals surface area contributed by atoms with Gasteiger partial charge in [0.25, 0.3) is 5.91 Å². The number of likely N-dealkylation sites (tertiary alicyclic amines) is 1. The van der Waals surface area contributed by atoms with Gasteiger partial charge in [-0.15, -0.1) is 0 Å². The summed E-state index contributed by atoms with van der Waals surface area (Å²) in [4.78, 5) is 30.6. The molecule has 1 atom stereocenters. The number of pyridine rings is 1. The molecule has 0 bridgehead atoms. The van der Waals surface area contributed by atoms with Gasteiger partial charge < -0.3 is 19.9 Å². The van der Waals surface area contributed by atoms with E-state index in [1.807, 2.05) is 30.3 Å². The van der Waals surface area contributed by atoms with Gasteiger partial charge in [-0.05, 0) is 86.4 Å². The van der Waals surface area contributed by atoms with Crippen molar-refractivity contribution in [1.82, 2.24) is 24.8 Å². The molecule has 2 N–H and O–H groups in total. The molecular weight excluding hydrogens is 517 g/mol. The molecule has 1 fully saturated rings. The molecule has 206 valence electrons. The van der Waals surface area contributed by atoms with Crippen LogP contribution in [-0.4, -0.2) is 55.9 Å². The monoisotopic (exact) mass is 547 g/mol. The van der Waals surface area contributed by atoms with Crippen LogP contribution in [0.5, 0.6) is 5.75 Å². The van der Waals surface area contributed by atoms with E-state index in [-0.39, 0.29) is 23.8 Å². The van der Waals surface area contributed by atoms with Crippen LogP contribution >= 0.6 is 0 Å². The highest BCUT2D eigenvalue weighted by molar-refractivity contribution is 5.99. The largest absolute Gasteiger partial charge is 0.508 e. The smallest absolute Gasteiger partial charge is 0.257 e. The highest BCUT2D eigenvalue weighted by Crippen LogP contribution is 2.39. The maximum Gasteiger partial charge on any atom is 0.257 e. The lowest BCUT2D eigenvalue weighted by atomic mass is 9.89. The number of aromatic amines is 1. The third-order valence-corrected chi connectivity index (χ3v) is 8.48. The Kier molecular flexibility index (Phi) is 6.27. The number of halogens is 1. The zero-order valence-electron chi connectivity index (χ0n) is 22.7. The number of hydrogen-bond donors (Lipinski definition) is 2. The number of imidazole rings is 1. The summed E-state index contributed by atoms with van der Waals surface area (Å²) < 4.78 is 14.4. The first kappa shape index (κ1) is 25.4. The van der Waals surface area contributed by atoms with Crippen LogP contribution in [0.25, 0.3) is 22.2 Å². The highest BCUT2D eigenvalue weighted by Gasteiger charge is 2.38. The van der Waals surface area contributed by atoms with Gasteiger partial charge in [-0.25, -0.2) is 9.37 Å². The van der Waals surface area contributed by atoms with Crippen LogP contribution in [0.3, 0.4) is 0 Å². The molecule has 1 saturated heterocycles. The zero-order valence-corrected chi connectivity index (χ0v) is 22.7. The quantitative estimate of drug-likeness (QED) is 0.281. The number of phenols is 1. The number of nitrogens with zero attached hydrogens (tertiary/aromatic N) is 4.